The highest BCUT2D eigenvalue weighted by atomic mass is 16.7. The number of aromatic nitrogens is 7. The third-order valence-corrected chi connectivity index (χ3v) is 5.64. The van der Waals surface area contributed by atoms with Crippen molar-refractivity contribution in [2.45, 2.75) is 6.54 Å². The first kappa shape index (κ1) is 21.7. The molecule has 5 heterocycles. The average molecular weight is 464 g/mol. The normalized spacial score (nSPS) is 13.9. The molecular weight excluding hydrogens is 440 g/mol. The van der Waals surface area contributed by atoms with Crippen molar-refractivity contribution in [2.24, 2.45) is 12.9 Å². The molecule has 13 nitrogen and oxygen atoms in total. The molecule has 0 amide bonds. The van der Waals surface area contributed by atoms with Gasteiger partial charge in [-0.3, -0.25) is 0 Å². The van der Waals surface area contributed by atoms with Crippen molar-refractivity contribution in [3.05, 3.63) is 42.1 Å². The van der Waals surface area contributed by atoms with Crippen molar-refractivity contribution < 1.29 is 14.4 Å². The average Bonchev–Trinajstić information content (AvgIpc) is 3.52. The molecule has 176 valence electrons. The molecule has 0 atom stereocenters. The largest absolute Gasteiger partial charge is 0.378 e. The Morgan fingerprint density at radius 3 is 2.68 bits per heavy atom. The molecule has 1 fully saturated rings. The maximum atomic E-state index is 11.5. The zero-order chi connectivity index (χ0) is 23.7. The smallest absolute Gasteiger partial charge is 0.359 e. The minimum absolute atomic E-state index is 0.171. The molecule has 0 unspecified atom stereocenters. The lowest BCUT2D eigenvalue weighted by Crippen LogP contribution is -2.37. The topological polar surface area (TPSA) is 153 Å². The predicted octanol–water partition coefficient (Wildman–Crippen LogP) is 0.652. The summed E-state index contributed by atoms with van der Waals surface area (Å²) < 4.78 is 7.47. The molecule has 34 heavy (non-hydrogen) atoms. The van der Waals surface area contributed by atoms with Crippen LogP contribution in [0, 0.1) is 0 Å². The Morgan fingerprint density at radius 2 is 2.00 bits per heavy atom. The standard InChI is InChI=1S/C21H24N10O3/c1-29(21-24-10-13(11-25-21)20(32)34-22)12-15-26-16-18(30(15)2)27-17(14-4-3-5-23-14)28-19(16)31-6-8-33-9-7-31/h3-5,10-11,23H,6-9,12,22H2,1-2H3. The molecule has 1 saturated heterocycles. The van der Waals surface area contributed by atoms with E-state index in [4.69, 9.17) is 25.6 Å². The number of aromatic amines is 1. The van der Waals surface area contributed by atoms with Gasteiger partial charge in [-0.05, 0) is 12.1 Å². The molecule has 4 aromatic rings. The van der Waals surface area contributed by atoms with E-state index in [1.807, 2.05) is 41.9 Å². The molecule has 1 aliphatic rings. The summed E-state index contributed by atoms with van der Waals surface area (Å²) in [5.74, 6) is 6.79. The number of morpholine rings is 1. The second-order valence-corrected chi connectivity index (χ2v) is 7.85. The summed E-state index contributed by atoms with van der Waals surface area (Å²) in [5, 5.41) is 0. The van der Waals surface area contributed by atoms with Gasteiger partial charge in [0.25, 0.3) is 0 Å². The van der Waals surface area contributed by atoms with Crippen LogP contribution in [0.4, 0.5) is 11.8 Å². The Balaban J connectivity index is 1.50. The van der Waals surface area contributed by atoms with Gasteiger partial charge in [-0.25, -0.2) is 29.7 Å². The molecule has 0 radical (unpaired) electrons. The quantitative estimate of drug-likeness (QED) is 0.387. The Hall–Kier alpha value is -4.10. The number of anilines is 2. The first-order chi connectivity index (χ1) is 16.5. The van der Waals surface area contributed by atoms with Crippen molar-refractivity contribution in [1.82, 2.24) is 34.5 Å². The highest BCUT2D eigenvalue weighted by Gasteiger charge is 2.23. The maximum absolute atomic E-state index is 11.5. The van der Waals surface area contributed by atoms with E-state index in [2.05, 4.69) is 24.7 Å². The van der Waals surface area contributed by atoms with Gasteiger partial charge < -0.3 is 28.9 Å². The zero-order valence-corrected chi connectivity index (χ0v) is 18.8. The molecule has 1 aliphatic heterocycles. The molecule has 0 aliphatic carbocycles. The van der Waals surface area contributed by atoms with Gasteiger partial charge in [0.05, 0.1) is 31.0 Å². The Morgan fingerprint density at radius 1 is 1.24 bits per heavy atom. The minimum atomic E-state index is -0.698. The van der Waals surface area contributed by atoms with Gasteiger partial charge in [0.1, 0.15) is 5.82 Å². The number of fused-ring (bicyclic) bond motifs is 1. The Kier molecular flexibility index (Phi) is 5.77. The number of carbonyl (C=O) groups excluding carboxylic acids is 1. The van der Waals surface area contributed by atoms with E-state index in [0.29, 0.717) is 31.5 Å². The number of ether oxygens (including phenoxy) is 1. The van der Waals surface area contributed by atoms with Gasteiger partial charge >= 0.3 is 5.97 Å². The van der Waals surface area contributed by atoms with E-state index in [1.54, 1.807) is 0 Å². The lowest BCUT2D eigenvalue weighted by Gasteiger charge is -2.28. The molecule has 0 bridgehead atoms. The van der Waals surface area contributed by atoms with Crippen LogP contribution in [0.25, 0.3) is 22.7 Å². The summed E-state index contributed by atoms with van der Waals surface area (Å²) in [4.78, 5) is 45.9. The summed E-state index contributed by atoms with van der Waals surface area (Å²) in [6.07, 6.45) is 4.58. The van der Waals surface area contributed by atoms with E-state index in [1.165, 1.54) is 12.4 Å². The Bertz CT molecular complexity index is 1300. The lowest BCUT2D eigenvalue weighted by atomic mass is 10.3. The molecule has 5 rings (SSSR count). The fourth-order valence-electron chi connectivity index (χ4n) is 3.79. The summed E-state index contributed by atoms with van der Waals surface area (Å²) in [5.41, 5.74) is 2.46. The first-order valence-electron chi connectivity index (χ1n) is 10.7. The van der Waals surface area contributed by atoms with E-state index in [9.17, 15) is 4.79 Å². The number of carbonyl (C=O) groups is 1. The Labute approximate surface area is 194 Å². The molecule has 3 N–H and O–H groups in total. The van der Waals surface area contributed by atoms with Gasteiger partial charge in [-0.1, -0.05) is 0 Å². The van der Waals surface area contributed by atoms with Gasteiger partial charge in [0.2, 0.25) is 5.95 Å². The van der Waals surface area contributed by atoms with E-state index < -0.39 is 5.97 Å². The molecule has 0 aromatic carbocycles. The van der Waals surface area contributed by atoms with E-state index >= 15 is 0 Å². The van der Waals surface area contributed by atoms with Gasteiger partial charge in [0, 0.05) is 45.8 Å². The van der Waals surface area contributed by atoms with Crippen LogP contribution in [0.3, 0.4) is 0 Å². The summed E-state index contributed by atoms with van der Waals surface area (Å²) in [7, 11) is 3.77. The second kappa shape index (κ2) is 9.03. The minimum Gasteiger partial charge on any atom is -0.378 e. The van der Waals surface area contributed by atoms with Crippen LogP contribution in [0.15, 0.2) is 30.7 Å². The number of H-pyrrole nitrogens is 1. The fraction of sp³-hybridized carbons (Fsp3) is 0.333. The predicted molar refractivity (Wildman–Crippen MR) is 123 cm³/mol. The zero-order valence-electron chi connectivity index (χ0n) is 18.8. The number of nitrogens with zero attached hydrogens (tertiary/aromatic N) is 8. The number of nitrogens with one attached hydrogen (secondary N) is 1. The summed E-state index contributed by atoms with van der Waals surface area (Å²) in [6, 6.07) is 3.86. The van der Waals surface area contributed by atoms with E-state index in [0.717, 1.165) is 41.6 Å². The van der Waals surface area contributed by atoms with Crippen LogP contribution in [0.1, 0.15) is 16.2 Å². The first-order valence-corrected chi connectivity index (χ1v) is 10.7. The number of nitrogens with two attached hydrogens (primary N) is 1. The second-order valence-electron chi connectivity index (χ2n) is 7.85. The molecule has 4 aromatic heterocycles. The molecule has 13 heteroatoms. The van der Waals surface area contributed by atoms with Crippen molar-refractivity contribution in [3.8, 4) is 11.5 Å². The van der Waals surface area contributed by atoms with Crippen LogP contribution >= 0.6 is 0 Å². The van der Waals surface area contributed by atoms with Crippen molar-refractivity contribution >= 4 is 28.9 Å². The van der Waals surface area contributed by atoms with Crippen LogP contribution < -0.4 is 15.7 Å². The number of hydrogen-bond donors (Lipinski definition) is 2. The molecule has 0 spiro atoms. The number of imidazole rings is 1. The van der Waals surface area contributed by atoms with Crippen molar-refractivity contribution in [1.29, 1.82) is 0 Å². The monoisotopic (exact) mass is 464 g/mol. The number of aryl methyl sites for hydroxylation is 1. The molecular formula is C21H24N10O3. The summed E-state index contributed by atoms with van der Waals surface area (Å²) >= 11 is 0. The lowest BCUT2D eigenvalue weighted by molar-refractivity contribution is 0.0502. The van der Waals surface area contributed by atoms with Gasteiger partial charge in [-0.15, -0.1) is 0 Å². The third kappa shape index (κ3) is 4.02. The maximum Gasteiger partial charge on any atom is 0.359 e. The van der Waals surface area contributed by atoms with Gasteiger partial charge in [-0.2, -0.15) is 5.90 Å². The van der Waals surface area contributed by atoms with Crippen LogP contribution in [0.5, 0.6) is 0 Å². The van der Waals surface area contributed by atoms with E-state index in [-0.39, 0.29) is 5.56 Å². The fourth-order valence-corrected chi connectivity index (χ4v) is 3.79. The van der Waals surface area contributed by atoms with Crippen molar-refractivity contribution in [3.63, 3.8) is 0 Å². The highest BCUT2D eigenvalue weighted by molar-refractivity contribution is 5.88. The summed E-state index contributed by atoms with van der Waals surface area (Å²) in [6.45, 7) is 3.14. The number of rotatable bonds is 6. The molecule has 0 saturated carbocycles. The highest BCUT2D eigenvalue weighted by Crippen LogP contribution is 2.28. The third-order valence-electron chi connectivity index (χ3n) is 5.64. The van der Waals surface area contributed by atoms with Crippen LogP contribution in [-0.2, 0) is 23.2 Å². The van der Waals surface area contributed by atoms with Gasteiger partial charge in [0.15, 0.2) is 22.8 Å². The SMILES string of the molecule is CN(Cc1nc2c(N3CCOCC3)nc(-c3ccc[nH]3)nc2n1C)c1ncc(C(=O)ON)cn1. The van der Waals surface area contributed by atoms with Crippen molar-refractivity contribution in [2.75, 3.05) is 43.2 Å². The van der Waals surface area contributed by atoms with Crippen LogP contribution in [0.2, 0.25) is 0 Å². The van der Waals surface area contributed by atoms with Crippen LogP contribution in [-0.4, -0.2) is 73.8 Å². The number of hydrogen-bond acceptors (Lipinski definition) is 11.